The number of nitrogens with two attached hydrogens (primary N) is 1. The number of halogens is 2. The number of hydrogen-bond acceptors (Lipinski definition) is 3. The zero-order valence-corrected chi connectivity index (χ0v) is 12.4. The summed E-state index contributed by atoms with van der Waals surface area (Å²) in [7, 11) is 0. The zero-order chi connectivity index (χ0) is 13.6. The van der Waals surface area contributed by atoms with Crippen molar-refractivity contribution >= 4 is 44.6 Å². The van der Waals surface area contributed by atoms with Crippen LogP contribution in [-0.2, 0) is 0 Å². The van der Waals surface area contributed by atoms with Crippen molar-refractivity contribution < 1.29 is 0 Å². The van der Waals surface area contributed by atoms with Crippen LogP contribution >= 0.6 is 27.5 Å². The maximum Gasteiger partial charge on any atom is 0.207 e. The lowest BCUT2D eigenvalue weighted by Crippen LogP contribution is -2.04. The molecule has 0 aliphatic heterocycles. The molecule has 0 saturated carbocycles. The van der Waals surface area contributed by atoms with Gasteiger partial charge in [-0.2, -0.15) is 0 Å². The van der Waals surface area contributed by atoms with Crippen molar-refractivity contribution in [2.75, 3.05) is 5.73 Å². The molecule has 0 saturated heterocycles. The van der Waals surface area contributed by atoms with Crippen molar-refractivity contribution in [1.29, 1.82) is 0 Å². The molecule has 0 atom stereocenters. The van der Waals surface area contributed by atoms with Gasteiger partial charge in [0, 0.05) is 10.7 Å². The molecule has 0 aliphatic rings. The largest absolute Gasteiger partial charge is 0.369 e. The van der Waals surface area contributed by atoms with Crippen LogP contribution in [0.1, 0.15) is 5.56 Å². The molecule has 96 valence electrons. The van der Waals surface area contributed by atoms with Gasteiger partial charge in [-0.25, -0.2) is 9.97 Å². The fourth-order valence-corrected chi connectivity index (χ4v) is 2.71. The van der Waals surface area contributed by atoms with E-state index in [0.717, 1.165) is 21.2 Å². The van der Waals surface area contributed by atoms with Crippen LogP contribution in [-0.4, -0.2) is 14.5 Å². The Kier molecular flexibility index (Phi) is 2.95. The molecule has 0 unspecified atom stereocenters. The van der Waals surface area contributed by atoms with E-state index in [9.17, 15) is 0 Å². The van der Waals surface area contributed by atoms with Crippen molar-refractivity contribution in [2.45, 2.75) is 6.92 Å². The number of rotatable bonds is 1. The molecule has 2 heterocycles. The lowest BCUT2D eigenvalue weighted by molar-refractivity contribution is 1.07. The molecule has 0 radical (unpaired) electrons. The van der Waals surface area contributed by atoms with E-state index in [1.54, 1.807) is 10.8 Å². The number of nitrogen functional groups attached to an aromatic ring is 1. The molecule has 0 aliphatic carbocycles. The van der Waals surface area contributed by atoms with E-state index in [1.165, 1.54) is 0 Å². The first-order chi connectivity index (χ1) is 9.08. The number of aryl methyl sites for hydroxylation is 1. The number of pyridine rings is 1. The fourth-order valence-electron chi connectivity index (χ4n) is 2.08. The molecule has 2 aromatic heterocycles. The minimum Gasteiger partial charge on any atom is -0.369 e. The number of para-hydroxylation sites is 1. The summed E-state index contributed by atoms with van der Waals surface area (Å²) in [5.74, 6) is 0.372. The maximum absolute atomic E-state index is 6.28. The van der Waals surface area contributed by atoms with E-state index in [1.807, 2.05) is 31.2 Å². The highest BCUT2D eigenvalue weighted by atomic mass is 79.9. The Bertz CT molecular complexity index is 761. The van der Waals surface area contributed by atoms with Gasteiger partial charge >= 0.3 is 0 Å². The van der Waals surface area contributed by atoms with Crippen molar-refractivity contribution in [3.63, 3.8) is 0 Å². The third-order valence-corrected chi connectivity index (χ3v) is 3.64. The standard InChI is InChI=1S/C13H10BrClN4/c1-7-3-2-4-9(15)11(7)19-12-10(18-13(19)16)5-8(14)6-17-12/h2-6H,1H3,(H2,16,18). The van der Waals surface area contributed by atoms with E-state index < -0.39 is 0 Å². The van der Waals surface area contributed by atoms with Gasteiger partial charge in [0.15, 0.2) is 5.65 Å². The van der Waals surface area contributed by atoms with Crippen LogP contribution in [0.2, 0.25) is 5.02 Å². The Balaban J connectivity index is 2.40. The molecule has 3 rings (SSSR count). The Hall–Kier alpha value is -1.59. The fraction of sp³-hybridized carbons (Fsp3) is 0.0769. The van der Waals surface area contributed by atoms with E-state index in [0.29, 0.717) is 16.6 Å². The second-order valence-corrected chi connectivity index (χ2v) is 5.53. The van der Waals surface area contributed by atoms with Crippen LogP contribution in [0.5, 0.6) is 0 Å². The smallest absolute Gasteiger partial charge is 0.207 e. The van der Waals surface area contributed by atoms with Crippen LogP contribution in [0.3, 0.4) is 0 Å². The van der Waals surface area contributed by atoms with Crippen molar-refractivity contribution in [1.82, 2.24) is 14.5 Å². The number of anilines is 1. The average Bonchev–Trinajstić information content (AvgIpc) is 2.65. The Morgan fingerprint density at radius 1 is 1.37 bits per heavy atom. The second-order valence-electron chi connectivity index (χ2n) is 4.21. The van der Waals surface area contributed by atoms with Crippen molar-refractivity contribution in [3.8, 4) is 5.69 Å². The minimum atomic E-state index is 0.372. The lowest BCUT2D eigenvalue weighted by Gasteiger charge is -2.11. The molecule has 3 aromatic rings. The molecule has 0 spiro atoms. The third-order valence-electron chi connectivity index (χ3n) is 2.90. The summed E-state index contributed by atoms with van der Waals surface area (Å²) in [6.45, 7) is 1.98. The summed E-state index contributed by atoms with van der Waals surface area (Å²) in [6.07, 6.45) is 1.71. The van der Waals surface area contributed by atoms with E-state index in [2.05, 4.69) is 25.9 Å². The molecule has 0 fully saturated rings. The highest BCUT2D eigenvalue weighted by Crippen LogP contribution is 2.30. The van der Waals surface area contributed by atoms with Crippen molar-refractivity contribution in [3.05, 3.63) is 45.5 Å². The second kappa shape index (κ2) is 4.51. The van der Waals surface area contributed by atoms with Crippen LogP contribution in [0.15, 0.2) is 34.9 Å². The molecule has 0 amide bonds. The first-order valence-electron chi connectivity index (χ1n) is 5.63. The number of hydrogen-bond donors (Lipinski definition) is 1. The highest BCUT2D eigenvalue weighted by Gasteiger charge is 2.15. The number of fused-ring (bicyclic) bond motifs is 1. The number of nitrogens with zero attached hydrogens (tertiary/aromatic N) is 3. The van der Waals surface area contributed by atoms with Gasteiger partial charge in [0.25, 0.3) is 0 Å². The normalized spacial score (nSPS) is 11.1. The summed E-state index contributed by atoms with van der Waals surface area (Å²) < 4.78 is 2.64. The molecule has 4 nitrogen and oxygen atoms in total. The van der Waals surface area contributed by atoms with Crippen LogP contribution < -0.4 is 5.73 Å². The van der Waals surface area contributed by atoms with Gasteiger partial charge in [0.1, 0.15) is 5.52 Å². The molecular weight excluding hydrogens is 328 g/mol. The molecule has 2 N–H and O–H groups in total. The lowest BCUT2D eigenvalue weighted by atomic mass is 10.2. The quantitative estimate of drug-likeness (QED) is 0.736. The molecule has 19 heavy (non-hydrogen) atoms. The minimum absolute atomic E-state index is 0.372. The highest BCUT2D eigenvalue weighted by molar-refractivity contribution is 9.10. The summed E-state index contributed by atoms with van der Waals surface area (Å²) >= 11 is 9.66. The SMILES string of the molecule is Cc1cccc(Cl)c1-n1c(N)nc2cc(Br)cnc21. The Labute approximate surface area is 123 Å². The van der Waals surface area contributed by atoms with Gasteiger partial charge in [-0.05, 0) is 40.5 Å². The third kappa shape index (κ3) is 1.99. The van der Waals surface area contributed by atoms with Gasteiger partial charge in [0.05, 0.1) is 10.7 Å². The first-order valence-corrected chi connectivity index (χ1v) is 6.80. The van der Waals surface area contributed by atoms with Crippen LogP contribution in [0.25, 0.3) is 16.9 Å². The molecular formula is C13H10BrClN4. The summed E-state index contributed by atoms with van der Waals surface area (Å²) in [5.41, 5.74) is 9.27. The van der Waals surface area contributed by atoms with E-state index in [-0.39, 0.29) is 0 Å². The Morgan fingerprint density at radius 3 is 2.89 bits per heavy atom. The summed E-state index contributed by atoms with van der Waals surface area (Å²) in [6, 6.07) is 7.58. The van der Waals surface area contributed by atoms with E-state index in [4.69, 9.17) is 17.3 Å². The van der Waals surface area contributed by atoms with Crippen molar-refractivity contribution in [2.24, 2.45) is 0 Å². The zero-order valence-electron chi connectivity index (χ0n) is 10.1. The maximum atomic E-state index is 6.28. The van der Waals surface area contributed by atoms with Gasteiger partial charge in [-0.3, -0.25) is 4.57 Å². The number of benzene rings is 1. The van der Waals surface area contributed by atoms with Gasteiger partial charge in [-0.15, -0.1) is 0 Å². The topological polar surface area (TPSA) is 56.7 Å². The molecule has 0 bridgehead atoms. The van der Waals surface area contributed by atoms with Crippen LogP contribution in [0, 0.1) is 6.92 Å². The van der Waals surface area contributed by atoms with Gasteiger partial charge in [-0.1, -0.05) is 23.7 Å². The average molecular weight is 338 g/mol. The summed E-state index contributed by atoms with van der Waals surface area (Å²) in [4.78, 5) is 8.70. The monoisotopic (exact) mass is 336 g/mol. The summed E-state index contributed by atoms with van der Waals surface area (Å²) in [5, 5.41) is 0.621. The number of aromatic nitrogens is 3. The van der Waals surface area contributed by atoms with E-state index >= 15 is 0 Å². The predicted molar refractivity (Wildman–Crippen MR) is 80.7 cm³/mol. The number of imidazole rings is 1. The van der Waals surface area contributed by atoms with Gasteiger partial charge in [0.2, 0.25) is 5.95 Å². The Morgan fingerprint density at radius 2 is 2.16 bits per heavy atom. The first kappa shape index (κ1) is 12.4. The predicted octanol–water partition coefficient (Wildman–Crippen LogP) is 3.73. The van der Waals surface area contributed by atoms with Crippen LogP contribution in [0.4, 0.5) is 5.95 Å². The molecule has 6 heteroatoms. The molecule has 1 aromatic carbocycles. The van der Waals surface area contributed by atoms with Gasteiger partial charge < -0.3 is 5.73 Å².